The van der Waals surface area contributed by atoms with E-state index in [9.17, 15) is 43.2 Å². The summed E-state index contributed by atoms with van der Waals surface area (Å²) in [6, 6.07) is 0. The molecule has 0 rings (SSSR count). The summed E-state index contributed by atoms with van der Waals surface area (Å²) in [6.45, 7) is 14.3. The molecule has 0 aliphatic heterocycles. The summed E-state index contributed by atoms with van der Waals surface area (Å²) in [6.07, 6.45) is 55.5. The van der Waals surface area contributed by atoms with Gasteiger partial charge in [-0.3, -0.25) is 37.3 Å². The highest BCUT2D eigenvalue weighted by Gasteiger charge is 2.30. The minimum atomic E-state index is -4.96. The highest BCUT2D eigenvalue weighted by Crippen LogP contribution is 2.45. The van der Waals surface area contributed by atoms with Gasteiger partial charge >= 0.3 is 39.5 Å². The molecule has 0 aromatic heterocycles. The Balaban J connectivity index is 5.24. The lowest BCUT2D eigenvalue weighted by Crippen LogP contribution is -2.30. The fraction of sp³-hybridized carbons (Fsp3) is 0.950. The van der Waals surface area contributed by atoms with Crippen molar-refractivity contribution in [2.75, 3.05) is 39.6 Å². The van der Waals surface area contributed by atoms with E-state index >= 15 is 0 Å². The first kappa shape index (κ1) is 97.1. The average Bonchev–Trinajstić information content (AvgIpc) is 1.01. The highest BCUT2D eigenvalue weighted by atomic mass is 31.2. The van der Waals surface area contributed by atoms with Crippen molar-refractivity contribution in [3.8, 4) is 0 Å². The monoisotopic (exact) mass is 1450 g/mol. The number of hydrogen-bond acceptors (Lipinski definition) is 15. The molecule has 0 aliphatic carbocycles. The Morgan fingerprint density at radius 3 is 0.717 bits per heavy atom. The number of phosphoric acid groups is 2. The van der Waals surface area contributed by atoms with Crippen LogP contribution >= 0.6 is 15.6 Å². The van der Waals surface area contributed by atoms with Crippen LogP contribution in [0, 0.1) is 23.7 Å². The molecule has 0 spiro atoms. The zero-order chi connectivity index (χ0) is 73.1. The van der Waals surface area contributed by atoms with Gasteiger partial charge < -0.3 is 33.8 Å². The average molecular weight is 1450 g/mol. The molecule has 19 heteroatoms. The normalized spacial score (nSPS) is 14.3. The summed E-state index contributed by atoms with van der Waals surface area (Å²) in [5, 5.41) is 10.6. The predicted octanol–water partition coefficient (Wildman–Crippen LogP) is 23.6. The third-order valence-corrected chi connectivity index (χ3v) is 20.8. The van der Waals surface area contributed by atoms with Crippen molar-refractivity contribution in [2.45, 2.75) is 427 Å². The molecule has 0 aromatic rings. The number of esters is 4. The quantitative estimate of drug-likeness (QED) is 0.0222. The first-order valence-corrected chi connectivity index (χ1v) is 44.2. The number of aliphatic hydroxyl groups is 1. The van der Waals surface area contributed by atoms with E-state index in [4.69, 9.17) is 37.0 Å². The highest BCUT2D eigenvalue weighted by molar-refractivity contribution is 7.47. The second kappa shape index (κ2) is 69.1. The molecule has 0 bridgehead atoms. The van der Waals surface area contributed by atoms with E-state index in [2.05, 4.69) is 55.4 Å². The summed E-state index contributed by atoms with van der Waals surface area (Å²) in [4.78, 5) is 73.0. The van der Waals surface area contributed by atoms with Gasteiger partial charge in [0, 0.05) is 25.7 Å². The lowest BCUT2D eigenvalue weighted by Gasteiger charge is -2.21. The second-order valence-electron chi connectivity index (χ2n) is 30.5. The van der Waals surface area contributed by atoms with Gasteiger partial charge in [-0.2, -0.15) is 0 Å². The number of rotatable bonds is 77. The van der Waals surface area contributed by atoms with Crippen molar-refractivity contribution < 1.29 is 80.2 Å². The molecule has 6 atom stereocenters. The summed E-state index contributed by atoms with van der Waals surface area (Å²) < 4.78 is 68.7. The molecule has 0 amide bonds. The molecule has 0 aromatic carbocycles. The Kier molecular flexibility index (Phi) is 67.8. The van der Waals surface area contributed by atoms with Crippen LogP contribution in [0.5, 0.6) is 0 Å². The fourth-order valence-corrected chi connectivity index (χ4v) is 13.8. The minimum absolute atomic E-state index is 0.106. The fourth-order valence-electron chi connectivity index (χ4n) is 12.2. The van der Waals surface area contributed by atoms with Gasteiger partial charge in [-0.1, -0.05) is 357 Å². The van der Waals surface area contributed by atoms with Crippen LogP contribution in [0.15, 0.2) is 0 Å². The zero-order valence-electron chi connectivity index (χ0n) is 65.1. The van der Waals surface area contributed by atoms with Crippen LogP contribution in [0.4, 0.5) is 0 Å². The van der Waals surface area contributed by atoms with E-state index in [0.29, 0.717) is 31.6 Å². The molecule has 0 saturated heterocycles. The Morgan fingerprint density at radius 2 is 0.485 bits per heavy atom. The Hall–Kier alpha value is -1.94. The lowest BCUT2D eigenvalue weighted by molar-refractivity contribution is -0.161. The molecule has 0 saturated carbocycles. The van der Waals surface area contributed by atoms with Crippen LogP contribution in [0.25, 0.3) is 0 Å². The SMILES string of the molecule is CCC(C)CCCCCCCCCCCCCCCCC(=O)O[C@H](COC(=O)CCCCCCCCCC(C)C)COP(=O)(O)OCC(O)COP(=O)(O)OC[C@@H](COC(=O)CCCCCCCCCCCCCC(C)C)OC(=O)CCCCCCCCCCCCCCCCC(C)C. The number of unbranched alkanes of at least 4 members (excludes halogenated alkanes) is 42. The van der Waals surface area contributed by atoms with Crippen LogP contribution in [0.2, 0.25) is 0 Å². The van der Waals surface area contributed by atoms with E-state index in [-0.39, 0.29) is 25.7 Å². The first-order chi connectivity index (χ1) is 47.6. The molecule has 588 valence electrons. The van der Waals surface area contributed by atoms with E-state index < -0.39 is 97.5 Å². The van der Waals surface area contributed by atoms with Crippen LogP contribution < -0.4 is 0 Å². The van der Waals surface area contributed by atoms with Gasteiger partial charge in [0.15, 0.2) is 12.2 Å². The zero-order valence-corrected chi connectivity index (χ0v) is 66.9. The van der Waals surface area contributed by atoms with Gasteiger partial charge in [0.05, 0.1) is 26.4 Å². The summed E-state index contributed by atoms with van der Waals surface area (Å²) >= 11 is 0. The van der Waals surface area contributed by atoms with Gasteiger partial charge in [-0.05, 0) is 49.4 Å². The van der Waals surface area contributed by atoms with Crippen molar-refractivity contribution in [1.82, 2.24) is 0 Å². The molecule has 3 N–H and O–H groups in total. The van der Waals surface area contributed by atoms with Crippen LogP contribution in [0.3, 0.4) is 0 Å². The third-order valence-electron chi connectivity index (χ3n) is 18.9. The van der Waals surface area contributed by atoms with Gasteiger partial charge in [-0.15, -0.1) is 0 Å². The van der Waals surface area contributed by atoms with Gasteiger partial charge in [0.2, 0.25) is 0 Å². The molecule has 99 heavy (non-hydrogen) atoms. The third kappa shape index (κ3) is 72.8. The summed E-state index contributed by atoms with van der Waals surface area (Å²) in [7, 11) is -9.92. The molecule has 0 heterocycles. The Bertz CT molecular complexity index is 1940. The van der Waals surface area contributed by atoms with Crippen LogP contribution in [-0.4, -0.2) is 96.7 Å². The molecule has 17 nitrogen and oxygen atoms in total. The van der Waals surface area contributed by atoms with Gasteiger partial charge in [0.25, 0.3) is 0 Å². The number of carbonyl (C=O) groups excluding carboxylic acids is 4. The second-order valence-corrected chi connectivity index (χ2v) is 33.4. The predicted molar refractivity (Wildman–Crippen MR) is 404 cm³/mol. The number of ether oxygens (including phenoxy) is 4. The Morgan fingerprint density at radius 1 is 0.283 bits per heavy atom. The lowest BCUT2D eigenvalue weighted by atomic mass is 9.99. The largest absolute Gasteiger partial charge is 0.472 e. The number of aliphatic hydroxyl groups excluding tert-OH is 1. The van der Waals surface area contributed by atoms with Crippen molar-refractivity contribution in [3.63, 3.8) is 0 Å². The van der Waals surface area contributed by atoms with Crippen molar-refractivity contribution in [2.24, 2.45) is 23.7 Å². The maximum atomic E-state index is 13.1. The number of phosphoric ester groups is 2. The molecule has 4 unspecified atom stereocenters. The molecule has 0 fully saturated rings. The topological polar surface area (TPSA) is 237 Å². The number of carbonyl (C=O) groups is 4. The molecular weight excluding hydrogens is 1290 g/mol. The minimum Gasteiger partial charge on any atom is -0.462 e. The van der Waals surface area contributed by atoms with Crippen molar-refractivity contribution >= 4 is 39.5 Å². The maximum Gasteiger partial charge on any atom is 0.472 e. The van der Waals surface area contributed by atoms with Crippen molar-refractivity contribution in [3.05, 3.63) is 0 Å². The maximum absolute atomic E-state index is 13.1. The van der Waals surface area contributed by atoms with E-state index in [0.717, 1.165) is 114 Å². The number of hydrogen-bond donors (Lipinski definition) is 3. The summed E-state index contributed by atoms with van der Waals surface area (Å²) in [5.41, 5.74) is 0. The molecule has 0 radical (unpaired) electrons. The molecule has 0 aliphatic rings. The van der Waals surface area contributed by atoms with Gasteiger partial charge in [-0.25, -0.2) is 9.13 Å². The first-order valence-electron chi connectivity index (χ1n) is 41.2. The Labute approximate surface area is 607 Å². The molecular formula is C80H156O17P2. The van der Waals surface area contributed by atoms with E-state index in [1.165, 1.54) is 205 Å². The van der Waals surface area contributed by atoms with E-state index in [1.807, 2.05) is 0 Å². The smallest absolute Gasteiger partial charge is 0.462 e. The van der Waals surface area contributed by atoms with Gasteiger partial charge in [0.1, 0.15) is 19.3 Å². The standard InChI is InChI=1S/C80H156O17P2/c1-9-73(8)59-51-43-35-27-21-15-11-13-17-23-30-38-47-55-63-80(85)97-76(67-91-78(83)61-53-45-39-31-34-42-50-58-72(6)7)69-95-99(88,89)93-65-74(81)64-92-98(86,87)94-68-75(66-90-77(82)60-52-44-36-28-24-18-20-26-33-41-49-57-71(4)5)96-79(84)62-54-46-37-29-22-16-12-10-14-19-25-32-40-48-56-70(2)3/h70-76,81H,9-69H2,1-8H3,(H,86,87)(H,88,89)/t73?,74?,75-,76-/m1/s1. The summed E-state index contributed by atoms with van der Waals surface area (Å²) in [5.74, 6) is 1.00. The van der Waals surface area contributed by atoms with Crippen LogP contribution in [0.1, 0.15) is 409 Å². The van der Waals surface area contributed by atoms with Crippen molar-refractivity contribution in [1.29, 1.82) is 0 Å². The van der Waals surface area contributed by atoms with E-state index in [1.54, 1.807) is 0 Å². The van der Waals surface area contributed by atoms with Crippen LogP contribution in [-0.2, 0) is 65.4 Å².